The predicted octanol–water partition coefficient (Wildman–Crippen LogP) is 3.61. The Balaban J connectivity index is 2.07. The second-order valence-corrected chi connectivity index (χ2v) is 5.40. The maximum Gasteiger partial charge on any atom is 0.253 e. The van der Waals surface area contributed by atoms with Gasteiger partial charge in [0.05, 0.1) is 5.56 Å². The third-order valence-corrected chi connectivity index (χ3v) is 3.33. The molecule has 0 heterocycles. The van der Waals surface area contributed by atoms with E-state index in [0.717, 1.165) is 10.0 Å². The van der Waals surface area contributed by atoms with E-state index >= 15 is 0 Å². The molecule has 0 aliphatic rings. The van der Waals surface area contributed by atoms with Gasteiger partial charge in [0.1, 0.15) is 0 Å². The number of benzene rings is 2. The van der Waals surface area contributed by atoms with Crippen LogP contribution in [0.25, 0.3) is 0 Å². The number of nitrogen functional groups attached to an aromatic ring is 1. The van der Waals surface area contributed by atoms with Gasteiger partial charge < -0.3 is 11.1 Å². The fourth-order valence-electron chi connectivity index (χ4n) is 1.65. The number of anilines is 1. The van der Waals surface area contributed by atoms with Crippen LogP contribution >= 0.6 is 27.5 Å². The molecule has 2 rings (SSSR count). The molecule has 2 aromatic carbocycles. The molecule has 0 radical (unpaired) electrons. The molecule has 0 atom stereocenters. The summed E-state index contributed by atoms with van der Waals surface area (Å²) in [6.45, 7) is 0.435. The Morgan fingerprint density at radius 1 is 1.26 bits per heavy atom. The average molecular weight is 340 g/mol. The van der Waals surface area contributed by atoms with Crippen LogP contribution in [-0.2, 0) is 6.54 Å². The normalized spacial score (nSPS) is 10.2. The highest BCUT2D eigenvalue weighted by molar-refractivity contribution is 9.10. The molecule has 3 nitrogen and oxygen atoms in total. The highest BCUT2D eigenvalue weighted by Crippen LogP contribution is 2.18. The topological polar surface area (TPSA) is 55.1 Å². The van der Waals surface area contributed by atoms with Gasteiger partial charge in [-0.25, -0.2) is 0 Å². The zero-order valence-corrected chi connectivity index (χ0v) is 12.3. The number of carbonyl (C=O) groups is 1. The number of nitrogens with one attached hydrogen (secondary N) is 1. The van der Waals surface area contributed by atoms with E-state index in [0.29, 0.717) is 22.8 Å². The summed E-state index contributed by atoms with van der Waals surface area (Å²) in [4.78, 5) is 12.0. The van der Waals surface area contributed by atoms with Gasteiger partial charge in [-0.05, 0) is 35.9 Å². The highest BCUT2D eigenvalue weighted by atomic mass is 79.9. The van der Waals surface area contributed by atoms with Crippen molar-refractivity contribution in [3.8, 4) is 0 Å². The largest absolute Gasteiger partial charge is 0.398 e. The van der Waals surface area contributed by atoms with Crippen molar-refractivity contribution in [1.29, 1.82) is 0 Å². The maximum atomic E-state index is 12.0. The summed E-state index contributed by atoms with van der Waals surface area (Å²) in [5, 5.41) is 3.30. The molecule has 98 valence electrons. The number of rotatable bonds is 3. The van der Waals surface area contributed by atoms with Gasteiger partial charge in [-0.15, -0.1) is 0 Å². The Hall–Kier alpha value is -1.52. The molecule has 0 aliphatic heterocycles. The van der Waals surface area contributed by atoms with Crippen LogP contribution in [0.4, 0.5) is 5.69 Å². The molecular weight excluding hydrogens is 328 g/mol. The summed E-state index contributed by atoms with van der Waals surface area (Å²) in [6.07, 6.45) is 0. The number of nitrogens with two attached hydrogens (primary N) is 1. The molecule has 0 aliphatic carbocycles. The first kappa shape index (κ1) is 13.9. The first-order valence-corrected chi connectivity index (χ1v) is 6.81. The monoisotopic (exact) mass is 338 g/mol. The molecule has 2 aromatic rings. The molecule has 0 fully saturated rings. The summed E-state index contributed by atoms with van der Waals surface area (Å²) in [5.41, 5.74) is 7.56. The van der Waals surface area contributed by atoms with Crippen LogP contribution in [0.1, 0.15) is 15.9 Å². The predicted molar refractivity (Wildman–Crippen MR) is 81.2 cm³/mol. The van der Waals surface area contributed by atoms with Crippen molar-refractivity contribution in [3.05, 3.63) is 63.1 Å². The molecule has 3 N–H and O–H groups in total. The minimum Gasteiger partial charge on any atom is -0.398 e. The molecule has 0 saturated heterocycles. The molecule has 19 heavy (non-hydrogen) atoms. The minimum atomic E-state index is -0.236. The van der Waals surface area contributed by atoms with Gasteiger partial charge in [-0.1, -0.05) is 39.7 Å². The summed E-state index contributed by atoms with van der Waals surface area (Å²) >= 11 is 9.24. The summed E-state index contributed by atoms with van der Waals surface area (Å²) in [7, 11) is 0. The Morgan fingerprint density at radius 3 is 2.79 bits per heavy atom. The third kappa shape index (κ3) is 3.72. The van der Waals surface area contributed by atoms with E-state index in [1.165, 1.54) is 0 Å². The van der Waals surface area contributed by atoms with Crippen LogP contribution < -0.4 is 11.1 Å². The number of amides is 1. The fourth-order valence-corrected chi connectivity index (χ4v) is 2.27. The van der Waals surface area contributed by atoms with Crippen LogP contribution in [0, 0.1) is 0 Å². The molecule has 1 amide bonds. The van der Waals surface area contributed by atoms with E-state index in [2.05, 4.69) is 21.2 Å². The van der Waals surface area contributed by atoms with E-state index < -0.39 is 0 Å². The van der Waals surface area contributed by atoms with Crippen LogP contribution in [0.5, 0.6) is 0 Å². The minimum absolute atomic E-state index is 0.236. The number of hydrogen-bond acceptors (Lipinski definition) is 2. The molecule has 0 spiro atoms. The van der Waals surface area contributed by atoms with Gasteiger partial charge in [0.15, 0.2) is 0 Å². The van der Waals surface area contributed by atoms with E-state index in [1.807, 2.05) is 24.3 Å². The van der Waals surface area contributed by atoms with Crippen LogP contribution in [0.2, 0.25) is 5.02 Å². The molecular formula is C14H12BrClN2O. The van der Waals surface area contributed by atoms with Crippen molar-refractivity contribution < 1.29 is 4.79 Å². The van der Waals surface area contributed by atoms with E-state index in [-0.39, 0.29) is 5.91 Å². The van der Waals surface area contributed by atoms with Crippen molar-refractivity contribution in [2.75, 3.05) is 5.73 Å². The third-order valence-electron chi connectivity index (χ3n) is 2.60. The van der Waals surface area contributed by atoms with Gasteiger partial charge in [-0.2, -0.15) is 0 Å². The van der Waals surface area contributed by atoms with Gasteiger partial charge in [0, 0.05) is 21.7 Å². The lowest BCUT2D eigenvalue weighted by Gasteiger charge is -2.08. The standard InChI is InChI=1S/C14H12BrClN2O/c15-10-3-1-2-9(6-10)8-18-14(19)12-7-11(16)4-5-13(12)17/h1-7H,8,17H2,(H,18,19). The second-order valence-electron chi connectivity index (χ2n) is 4.04. The molecule has 0 unspecified atom stereocenters. The summed E-state index contributed by atoms with van der Waals surface area (Å²) < 4.78 is 0.974. The van der Waals surface area contributed by atoms with Gasteiger partial charge in [-0.3, -0.25) is 4.79 Å². The van der Waals surface area contributed by atoms with Gasteiger partial charge in [0.25, 0.3) is 5.91 Å². The van der Waals surface area contributed by atoms with Gasteiger partial charge in [0.2, 0.25) is 0 Å². The first-order valence-electron chi connectivity index (χ1n) is 5.64. The van der Waals surface area contributed by atoms with E-state index in [1.54, 1.807) is 18.2 Å². The van der Waals surface area contributed by atoms with Crippen LogP contribution in [0.3, 0.4) is 0 Å². The average Bonchev–Trinajstić information content (AvgIpc) is 2.39. The second kappa shape index (κ2) is 6.08. The van der Waals surface area contributed by atoms with Crippen LogP contribution in [0.15, 0.2) is 46.9 Å². The Kier molecular flexibility index (Phi) is 4.45. The van der Waals surface area contributed by atoms with E-state index in [9.17, 15) is 4.79 Å². The molecule has 0 saturated carbocycles. The van der Waals surface area contributed by atoms with Crippen molar-refractivity contribution >= 4 is 39.1 Å². The first-order chi connectivity index (χ1) is 9.06. The maximum absolute atomic E-state index is 12.0. The van der Waals surface area contributed by atoms with E-state index in [4.69, 9.17) is 17.3 Å². The Bertz CT molecular complexity index is 616. The number of halogens is 2. The quantitative estimate of drug-likeness (QED) is 0.839. The molecule has 0 aromatic heterocycles. The van der Waals surface area contributed by atoms with Crippen molar-refractivity contribution in [2.45, 2.75) is 6.54 Å². The summed E-state index contributed by atoms with van der Waals surface area (Å²) in [5.74, 6) is -0.236. The number of hydrogen-bond donors (Lipinski definition) is 2. The van der Waals surface area contributed by atoms with Crippen LogP contribution in [-0.4, -0.2) is 5.91 Å². The molecule has 5 heteroatoms. The Morgan fingerprint density at radius 2 is 2.05 bits per heavy atom. The zero-order chi connectivity index (χ0) is 13.8. The lowest BCUT2D eigenvalue weighted by Crippen LogP contribution is -2.23. The lowest BCUT2D eigenvalue weighted by atomic mass is 10.1. The highest BCUT2D eigenvalue weighted by Gasteiger charge is 2.09. The summed E-state index contributed by atoms with van der Waals surface area (Å²) in [6, 6.07) is 12.6. The van der Waals surface area contributed by atoms with Crippen molar-refractivity contribution in [2.24, 2.45) is 0 Å². The van der Waals surface area contributed by atoms with Crippen molar-refractivity contribution in [1.82, 2.24) is 5.32 Å². The Labute approximate surface area is 124 Å². The SMILES string of the molecule is Nc1ccc(Cl)cc1C(=O)NCc1cccc(Br)c1. The fraction of sp³-hybridized carbons (Fsp3) is 0.0714. The smallest absolute Gasteiger partial charge is 0.253 e. The molecule has 0 bridgehead atoms. The lowest BCUT2D eigenvalue weighted by molar-refractivity contribution is 0.0952. The van der Waals surface area contributed by atoms with Crippen molar-refractivity contribution in [3.63, 3.8) is 0 Å². The number of carbonyl (C=O) groups excluding carboxylic acids is 1. The van der Waals surface area contributed by atoms with Gasteiger partial charge >= 0.3 is 0 Å². The zero-order valence-electron chi connectivity index (χ0n) is 9.99.